The highest BCUT2D eigenvalue weighted by Gasteiger charge is 2.19. The quantitative estimate of drug-likeness (QED) is 0.177. The van der Waals surface area contributed by atoms with E-state index in [9.17, 15) is 24.3 Å². The standard InChI is InChI=1S/C17H13ClN2O4.C17H13ClN2O3.2CH4/c1-20-8-12(10-3-4-19-7-11(10)16(20)21)9-5-13(18)15(17(22)23)14(6-9)24-2;1-20-8-13(11-3-4-19-7-12(11)17(20)22)10-5-15(18)14(9-21)16(6-10)23-2;;/h3-8H,1-2H3,(H,22,23);3-9H,1-2H3;2*1H4. The number of methoxy groups -OCH3 is 2. The molecular weight excluding hydrogens is 671 g/mol. The highest BCUT2D eigenvalue weighted by molar-refractivity contribution is 6.34. The van der Waals surface area contributed by atoms with Crippen molar-refractivity contribution in [1.82, 2.24) is 19.1 Å². The van der Waals surface area contributed by atoms with Crippen molar-refractivity contribution < 1.29 is 24.2 Å². The van der Waals surface area contributed by atoms with Crippen LogP contribution in [0.3, 0.4) is 0 Å². The van der Waals surface area contributed by atoms with E-state index in [0.717, 1.165) is 22.1 Å². The first kappa shape index (κ1) is 37.9. The van der Waals surface area contributed by atoms with Crippen molar-refractivity contribution in [2.75, 3.05) is 14.2 Å². The van der Waals surface area contributed by atoms with Crippen LogP contribution in [-0.2, 0) is 14.1 Å². The number of carboxylic acid groups (broad SMARTS) is 1. The molecule has 11 nitrogen and oxygen atoms in total. The first-order chi connectivity index (χ1) is 22.5. The number of carboxylic acids is 1. The predicted molar refractivity (Wildman–Crippen MR) is 194 cm³/mol. The number of aromatic carboxylic acids is 1. The maximum atomic E-state index is 12.2. The molecule has 0 amide bonds. The smallest absolute Gasteiger partial charge is 0.341 e. The number of rotatable bonds is 6. The molecule has 0 radical (unpaired) electrons. The van der Waals surface area contributed by atoms with E-state index >= 15 is 0 Å². The molecule has 0 atom stereocenters. The normalized spacial score (nSPS) is 10.3. The Balaban J connectivity index is 0.000000255. The van der Waals surface area contributed by atoms with E-state index in [1.165, 1.54) is 29.6 Å². The fourth-order valence-electron chi connectivity index (χ4n) is 5.22. The molecule has 0 saturated carbocycles. The largest absolute Gasteiger partial charge is 0.496 e. The van der Waals surface area contributed by atoms with Crippen molar-refractivity contribution in [2.45, 2.75) is 14.9 Å². The summed E-state index contributed by atoms with van der Waals surface area (Å²) >= 11 is 12.3. The second-order valence-corrected chi connectivity index (χ2v) is 11.1. The van der Waals surface area contributed by atoms with Crippen LogP contribution >= 0.6 is 23.2 Å². The Morgan fingerprint density at radius 3 is 1.63 bits per heavy atom. The molecule has 0 aliphatic carbocycles. The molecular formula is C36H34Cl2N4O7. The molecule has 4 heterocycles. The average molecular weight is 706 g/mol. The van der Waals surface area contributed by atoms with Gasteiger partial charge in [0.1, 0.15) is 17.1 Å². The lowest BCUT2D eigenvalue weighted by molar-refractivity contribution is 0.0693. The number of carbonyl (C=O) groups excluding carboxylic acids is 1. The van der Waals surface area contributed by atoms with Crippen LogP contribution in [0.25, 0.3) is 43.8 Å². The third-order valence-corrected chi connectivity index (χ3v) is 8.12. The highest BCUT2D eigenvalue weighted by atomic mass is 35.5. The number of halogens is 2. The molecule has 4 aromatic heterocycles. The minimum Gasteiger partial charge on any atom is -0.496 e. The third kappa shape index (κ3) is 7.18. The van der Waals surface area contributed by atoms with Crippen LogP contribution < -0.4 is 20.6 Å². The first-order valence-corrected chi connectivity index (χ1v) is 14.6. The number of ether oxygens (including phenoxy) is 2. The fourth-order valence-corrected chi connectivity index (χ4v) is 5.77. The third-order valence-electron chi connectivity index (χ3n) is 7.51. The van der Waals surface area contributed by atoms with Gasteiger partial charge in [0.2, 0.25) is 0 Å². The number of aldehydes is 1. The predicted octanol–water partition coefficient (Wildman–Crippen LogP) is 7.31. The number of fused-ring (bicyclic) bond motifs is 2. The minimum atomic E-state index is -1.17. The van der Waals surface area contributed by atoms with Crippen LogP contribution in [-0.4, -0.2) is 50.7 Å². The van der Waals surface area contributed by atoms with Gasteiger partial charge in [-0.15, -0.1) is 0 Å². The molecule has 6 aromatic rings. The van der Waals surface area contributed by atoms with E-state index < -0.39 is 5.97 Å². The van der Waals surface area contributed by atoms with E-state index in [1.54, 1.807) is 81.5 Å². The summed E-state index contributed by atoms with van der Waals surface area (Å²) in [6, 6.07) is 10.1. The van der Waals surface area contributed by atoms with Crippen LogP contribution in [0.4, 0.5) is 0 Å². The van der Waals surface area contributed by atoms with E-state index in [2.05, 4.69) is 9.97 Å². The van der Waals surface area contributed by atoms with Gasteiger partial charge in [-0.2, -0.15) is 0 Å². The second-order valence-electron chi connectivity index (χ2n) is 10.3. The number of benzene rings is 2. The Bertz CT molecular complexity index is 2330. The molecule has 13 heteroatoms. The Morgan fingerprint density at radius 2 is 1.20 bits per heavy atom. The van der Waals surface area contributed by atoms with Gasteiger partial charge in [-0.3, -0.25) is 24.4 Å². The number of nitrogens with zero attached hydrogens (tertiary/aromatic N) is 4. The number of hydrogen-bond donors (Lipinski definition) is 1. The zero-order valence-electron chi connectivity index (χ0n) is 25.4. The van der Waals surface area contributed by atoms with Gasteiger partial charge in [0.05, 0.1) is 40.6 Å². The van der Waals surface area contributed by atoms with Crippen LogP contribution in [0.2, 0.25) is 10.0 Å². The summed E-state index contributed by atoms with van der Waals surface area (Å²) in [6.07, 6.45) is 10.3. The lowest BCUT2D eigenvalue weighted by Gasteiger charge is -2.13. The maximum Gasteiger partial charge on any atom is 0.341 e. The zero-order chi connectivity index (χ0) is 34.0. The van der Waals surface area contributed by atoms with Crippen molar-refractivity contribution in [2.24, 2.45) is 14.1 Å². The molecule has 1 N–H and O–H groups in total. The van der Waals surface area contributed by atoms with Crippen LogP contribution in [0.1, 0.15) is 35.6 Å². The monoisotopic (exact) mass is 704 g/mol. The minimum absolute atomic E-state index is 0. The number of hydrogen-bond acceptors (Lipinski definition) is 8. The summed E-state index contributed by atoms with van der Waals surface area (Å²) in [5.41, 5.74) is 2.85. The van der Waals surface area contributed by atoms with E-state index in [-0.39, 0.29) is 42.3 Å². The fraction of sp³-hybridized carbons (Fsp3) is 0.167. The summed E-state index contributed by atoms with van der Waals surface area (Å²) in [6.45, 7) is 0. The summed E-state index contributed by atoms with van der Waals surface area (Å²) in [4.78, 5) is 55.0. The van der Waals surface area contributed by atoms with Crippen molar-refractivity contribution in [3.63, 3.8) is 0 Å². The molecule has 0 aliphatic heterocycles. The molecule has 0 bridgehead atoms. The Hall–Kier alpha value is -5.52. The van der Waals surface area contributed by atoms with Gasteiger partial charge < -0.3 is 23.7 Å². The Morgan fingerprint density at radius 1 is 0.755 bits per heavy atom. The van der Waals surface area contributed by atoms with Gasteiger partial charge in [0, 0.05) is 62.4 Å². The van der Waals surface area contributed by atoms with Crippen molar-refractivity contribution in [3.8, 4) is 33.8 Å². The highest BCUT2D eigenvalue weighted by Crippen LogP contribution is 2.36. The molecule has 254 valence electrons. The molecule has 0 spiro atoms. The van der Waals surface area contributed by atoms with Crippen LogP contribution in [0.15, 0.2) is 83.2 Å². The Labute approximate surface area is 291 Å². The van der Waals surface area contributed by atoms with E-state index in [4.69, 9.17) is 32.7 Å². The van der Waals surface area contributed by atoms with E-state index in [0.29, 0.717) is 44.3 Å². The summed E-state index contributed by atoms with van der Waals surface area (Å²) in [5, 5.41) is 12.1. The summed E-state index contributed by atoms with van der Waals surface area (Å²) in [7, 11) is 6.18. The maximum absolute atomic E-state index is 12.2. The van der Waals surface area contributed by atoms with Crippen molar-refractivity contribution in [3.05, 3.63) is 115 Å². The van der Waals surface area contributed by atoms with Gasteiger partial charge in [0.25, 0.3) is 11.1 Å². The summed E-state index contributed by atoms with van der Waals surface area (Å²) in [5.74, 6) is -0.627. The average Bonchev–Trinajstić information content (AvgIpc) is 3.07. The molecule has 6 rings (SSSR count). The molecule has 0 unspecified atom stereocenters. The van der Waals surface area contributed by atoms with Gasteiger partial charge in [-0.25, -0.2) is 4.79 Å². The number of aromatic nitrogens is 4. The van der Waals surface area contributed by atoms with E-state index in [1.807, 2.05) is 0 Å². The van der Waals surface area contributed by atoms with Crippen LogP contribution in [0, 0.1) is 0 Å². The van der Waals surface area contributed by atoms with Crippen LogP contribution in [0.5, 0.6) is 11.5 Å². The number of carbonyl (C=O) groups is 2. The molecule has 0 fully saturated rings. The van der Waals surface area contributed by atoms with Gasteiger partial charge in [-0.1, -0.05) is 38.1 Å². The summed E-state index contributed by atoms with van der Waals surface area (Å²) < 4.78 is 13.4. The molecule has 49 heavy (non-hydrogen) atoms. The molecule has 0 aliphatic rings. The topological polar surface area (TPSA) is 143 Å². The lowest BCUT2D eigenvalue weighted by atomic mass is 10.00. The Kier molecular flexibility index (Phi) is 12.1. The molecule has 0 saturated heterocycles. The first-order valence-electron chi connectivity index (χ1n) is 13.8. The lowest BCUT2D eigenvalue weighted by Crippen LogP contribution is -2.16. The van der Waals surface area contributed by atoms with Crippen molar-refractivity contribution >= 4 is 57.0 Å². The molecule has 2 aromatic carbocycles. The number of pyridine rings is 4. The van der Waals surface area contributed by atoms with Gasteiger partial charge >= 0.3 is 5.97 Å². The van der Waals surface area contributed by atoms with Crippen molar-refractivity contribution in [1.29, 1.82) is 0 Å². The number of aryl methyl sites for hydroxylation is 2. The second kappa shape index (κ2) is 15.6. The zero-order valence-corrected chi connectivity index (χ0v) is 27.0. The van der Waals surface area contributed by atoms with Gasteiger partial charge in [-0.05, 0) is 58.3 Å². The SMILES string of the molecule is C.C.COc1cc(-c2cn(C)c(=O)c3cnccc23)cc(Cl)c1C(=O)O.COc1cc(-c2cn(C)c(=O)c3cnccc23)cc(Cl)c1C=O. The van der Waals surface area contributed by atoms with Gasteiger partial charge in [0.15, 0.2) is 6.29 Å².